The molecule has 0 radical (unpaired) electrons. The van der Waals surface area contributed by atoms with Crippen LogP contribution in [0.2, 0.25) is 0 Å². The fourth-order valence-electron chi connectivity index (χ4n) is 6.44. The number of aromatic nitrogens is 3. The average Bonchev–Trinajstić information content (AvgIpc) is 3.57. The van der Waals surface area contributed by atoms with Crippen molar-refractivity contribution < 1.29 is 4.42 Å². The monoisotopic (exact) mass is 642 g/mol. The van der Waals surface area contributed by atoms with Gasteiger partial charge in [-0.25, -0.2) is 15.0 Å². The number of para-hydroxylation sites is 2. The highest BCUT2D eigenvalue weighted by Gasteiger charge is 2.16. The molecule has 236 valence electrons. The Balaban J connectivity index is 1.07. The van der Waals surface area contributed by atoms with Gasteiger partial charge in [0.25, 0.3) is 0 Å². The third kappa shape index (κ3) is 5.57. The van der Waals surface area contributed by atoms with Crippen LogP contribution in [-0.2, 0) is 0 Å². The number of benzene rings is 7. The fraction of sp³-hybridized carbons (Fsp3) is 0. The predicted octanol–water partition coefficient (Wildman–Crippen LogP) is 11.9. The van der Waals surface area contributed by atoms with Crippen molar-refractivity contribution in [3.8, 4) is 45.3 Å². The lowest BCUT2D eigenvalue weighted by Crippen LogP contribution is -2.09. The Morgan fingerprint density at radius 1 is 0.320 bits per heavy atom. The molecule has 50 heavy (non-hydrogen) atoms. The van der Waals surface area contributed by atoms with Crippen molar-refractivity contribution >= 4 is 39.0 Å². The highest BCUT2D eigenvalue weighted by molar-refractivity contribution is 6.07. The summed E-state index contributed by atoms with van der Waals surface area (Å²) in [4.78, 5) is 17.0. The molecular weight excluding hydrogens is 613 g/mol. The van der Waals surface area contributed by atoms with E-state index in [4.69, 9.17) is 19.4 Å². The maximum absolute atomic E-state index is 6.41. The maximum atomic E-state index is 6.41. The van der Waals surface area contributed by atoms with E-state index in [1.165, 1.54) is 0 Å². The van der Waals surface area contributed by atoms with E-state index in [0.29, 0.717) is 17.5 Å². The second-order valence-corrected chi connectivity index (χ2v) is 12.1. The molecule has 5 nitrogen and oxygen atoms in total. The lowest BCUT2D eigenvalue weighted by molar-refractivity contribution is 0.669. The molecule has 0 N–H and O–H groups in total. The molecule has 0 saturated carbocycles. The van der Waals surface area contributed by atoms with Gasteiger partial charge in [-0.15, -0.1) is 0 Å². The molecular formula is C45H30N4O. The lowest BCUT2D eigenvalue weighted by Gasteiger charge is -2.25. The molecule has 7 aromatic carbocycles. The Morgan fingerprint density at radius 2 is 0.780 bits per heavy atom. The van der Waals surface area contributed by atoms with Crippen LogP contribution in [-0.4, -0.2) is 15.0 Å². The largest absolute Gasteiger partial charge is 0.456 e. The van der Waals surface area contributed by atoms with Crippen LogP contribution in [0.5, 0.6) is 0 Å². The van der Waals surface area contributed by atoms with E-state index in [1.807, 2.05) is 84.9 Å². The highest BCUT2D eigenvalue weighted by atomic mass is 16.3. The van der Waals surface area contributed by atoms with Gasteiger partial charge in [0.15, 0.2) is 17.5 Å². The van der Waals surface area contributed by atoms with Crippen molar-refractivity contribution in [2.24, 2.45) is 0 Å². The van der Waals surface area contributed by atoms with Crippen LogP contribution in [0, 0.1) is 0 Å². The first kappa shape index (κ1) is 29.3. The summed E-state index contributed by atoms with van der Waals surface area (Å²) >= 11 is 0. The van der Waals surface area contributed by atoms with Gasteiger partial charge in [0.1, 0.15) is 11.2 Å². The van der Waals surface area contributed by atoms with E-state index < -0.39 is 0 Å². The van der Waals surface area contributed by atoms with E-state index in [-0.39, 0.29) is 0 Å². The summed E-state index contributed by atoms with van der Waals surface area (Å²) < 4.78 is 6.41. The van der Waals surface area contributed by atoms with Gasteiger partial charge in [0.2, 0.25) is 0 Å². The molecule has 0 aliphatic heterocycles. The molecule has 0 atom stereocenters. The molecule has 0 aliphatic rings. The molecule has 2 heterocycles. The lowest BCUT2D eigenvalue weighted by atomic mass is 10.0. The van der Waals surface area contributed by atoms with Crippen molar-refractivity contribution in [2.45, 2.75) is 0 Å². The molecule has 0 aliphatic carbocycles. The predicted molar refractivity (Wildman–Crippen MR) is 204 cm³/mol. The zero-order valence-electron chi connectivity index (χ0n) is 27.0. The molecule has 9 aromatic rings. The zero-order valence-corrected chi connectivity index (χ0v) is 27.0. The number of nitrogens with zero attached hydrogens (tertiary/aromatic N) is 4. The number of anilines is 3. The molecule has 0 amide bonds. The number of fused-ring (bicyclic) bond motifs is 3. The Bertz CT molecular complexity index is 2470. The second-order valence-electron chi connectivity index (χ2n) is 12.1. The van der Waals surface area contributed by atoms with Crippen molar-refractivity contribution in [3.63, 3.8) is 0 Å². The van der Waals surface area contributed by atoms with Gasteiger partial charge in [-0.3, -0.25) is 0 Å². The van der Waals surface area contributed by atoms with Crippen LogP contribution in [0.25, 0.3) is 67.2 Å². The van der Waals surface area contributed by atoms with Gasteiger partial charge >= 0.3 is 0 Å². The SMILES string of the molecule is c1ccc(-c2nc(-c3ccccc3)nc(-c3ccc4oc5cc(-c6ccc(N(c7ccccc7)c7ccccc7)cc6)ccc5c4c3)n2)cc1. The molecule has 2 aromatic heterocycles. The quantitative estimate of drug-likeness (QED) is 0.173. The fourth-order valence-corrected chi connectivity index (χ4v) is 6.44. The van der Waals surface area contributed by atoms with Gasteiger partial charge in [0, 0.05) is 44.5 Å². The van der Waals surface area contributed by atoms with Crippen molar-refractivity contribution in [2.75, 3.05) is 4.90 Å². The number of hydrogen-bond acceptors (Lipinski definition) is 5. The van der Waals surface area contributed by atoms with Gasteiger partial charge < -0.3 is 9.32 Å². The summed E-state index contributed by atoms with van der Waals surface area (Å²) in [6, 6.07) is 62.2. The summed E-state index contributed by atoms with van der Waals surface area (Å²) in [7, 11) is 0. The Labute approximate surface area is 289 Å². The van der Waals surface area contributed by atoms with Gasteiger partial charge in [-0.1, -0.05) is 115 Å². The highest BCUT2D eigenvalue weighted by Crippen LogP contribution is 2.38. The third-order valence-electron chi connectivity index (χ3n) is 8.92. The van der Waals surface area contributed by atoms with Crippen LogP contribution in [0.4, 0.5) is 17.1 Å². The summed E-state index contributed by atoms with van der Waals surface area (Å²) in [5.74, 6) is 1.89. The first-order chi connectivity index (χ1) is 24.8. The number of furan rings is 1. The second kappa shape index (κ2) is 12.6. The van der Waals surface area contributed by atoms with E-state index in [1.54, 1.807) is 0 Å². The molecule has 9 rings (SSSR count). The van der Waals surface area contributed by atoms with Crippen LogP contribution < -0.4 is 4.90 Å². The van der Waals surface area contributed by atoms with E-state index in [2.05, 4.69) is 102 Å². The van der Waals surface area contributed by atoms with Crippen molar-refractivity contribution in [1.82, 2.24) is 15.0 Å². The van der Waals surface area contributed by atoms with Crippen LogP contribution in [0.15, 0.2) is 186 Å². The maximum Gasteiger partial charge on any atom is 0.164 e. The van der Waals surface area contributed by atoms with Crippen molar-refractivity contribution in [1.29, 1.82) is 0 Å². The average molecular weight is 643 g/mol. The van der Waals surface area contributed by atoms with Gasteiger partial charge in [-0.05, 0) is 77.9 Å². The Kier molecular flexibility index (Phi) is 7.41. The van der Waals surface area contributed by atoms with Crippen LogP contribution in [0.1, 0.15) is 0 Å². The molecule has 0 spiro atoms. The summed E-state index contributed by atoms with van der Waals surface area (Å²) in [5, 5.41) is 2.06. The molecule has 0 unspecified atom stereocenters. The summed E-state index contributed by atoms with van der Waals surface area (Å²) in [6.45, 7) is 0. The normalized spacial score (nSPS) is 11.2. The molecule has 0 saturated heterocycles. The van der Waals surface area contributed by atoms with E-state index in [9.17, 15) is 0 Å². The van der Waals surface area contributed by atoms with Crippen LogP contribution in [0.3, 0.4) is 0 Å². The molecule has 0 fully saturated rings. The zero-order chi connectivity index (χ0) is 33.3. The van der Waals surface area contributed by atoms with Crippen molar-refractivity contribution in [3.05, 3.63) is 182 Å². The minimum Gasteiger partial charge on any atom is -0.456 e. The summed E-state index contributed by atoms with van der Waals surface area (Å²) in [5.41, 5.74) is 9.95. The van der Waals surface area contributed by atoms with Gasteiger partial charge in [-0.2, -0.15) is 0 Å². The molecule has 5 heteroatoms. The standard InChI is InChI=1S/C45H30N4O/c1-5-13-32(14-6-1)43-46-44(33-15-7-2-8-16-33)48-45(47-43)35-24-28-41-40(29-35)39-27-23-34(30-42(39)50-41)31-21-25-38(26-22-31)49(36-17-9-3-10-18-36)37-19-11-4-12-20-37/h1-30H. The topological polar surface area (TPSA) is 55.1 Å². The van der Waals surface area contributed by atoms with Gasteiger partial charge in [0.05, 0.1) is 0 Å². The number of rotatable bonds is 7. The Hall–Kier alpha value is -6.85. The minimum absolute atomic E-state index is 0.616. The Morgan fingerprint density at radius 3 is 1.34 bits per heavy atom. The van der Waals surface area contributed by atoms with E-state index in [0.717, 1.165) is 66.8 Å². The minimum atomic E-state index is 0.616. The van der Waals surface area contributed by atoms with Crippen LogP contribution >= 0.6 is 0 Å². The number of hydrogen-bond donors (Lipinski definition) is 0. The smallest absolute Gasteiger partial charge is 0.164 e. The third-order valence-corrected chi connectivity index (χ3v) is 8.92. The summed E-state index contributed by atoms with van der Waals surface area (Å²) in [6.07, 6.45) is 0. The molecule has 0 bridgehead atoms. The first-order valence-corrected chi connectivity index (χ1v) is 16.6. The van der Waals surface area contributed by atoms with E-state index >= 15 is 0 Å². The first-order valence-electron chi connectivity index (χ1n) is 16.6.